The SMILES string of the molecule is Cc1ccc2c(c1)C1C(C3C=CC=CC3C1[Si](C)(C)c1cc(C)cc(C(C)(C)C)c1O)N2C.[CH3-].[CH3-].[CH3-].[Ti+3]. The minimum absolute atomic E-state index is 0. The van der Waals surface area contributed by atoms with Crippen LogP contribution in [0.3, 0.4) is 0 Å². The van der Waals surface area contributed by atoms with Crippen molar-refractivity contribution in [3.05, 3.63) is 99.2 Å². The van der Waals surface area contributed by atoms with Gasteiger partial charge in [0.15, 0.2) is 0 Å². The molecule has 2 aromatic rings. The quantitative estimate of drug-likeness (QED) is 0.303. The third-order valence-corrected chi connectivity index (χ3v) is 12.9. The minimum atomic E-state index is -2.10. The number of rotatable bonds is 2. The minimum Gasteiger partial charge on any atom is -0.508 e. The van der Waals surface area contributed by atoms with Crippen LogP contribution in [0.25, 0.3) is 0 Å². The summed E-state index contributed by atoms with van der Waals surface area (Å²) in [5.74, 6) is 2.08. The van der Waals surface area contributed by atoms with E-state index in [0.717, 1.165) is 5.56 Å². The van der Waals surface area contributed by atoms with Gasteiger partial charge in [-0.15, -0.1) is 0 Å². The Bertz CT molecular complexity index is 1180. The standard InChI is InChI=1S/C30H39NOSi.3CH3.Ti/c1-18-13-14-24-22(15-18)26-27(31(24)6)20-11-9-10-12-21(20)29(26)33(7,8)25-17-19(2)16-23(28(25)32)30(3,4)5;;;;/h9-17,20-21,26-27,29,32H,1-8H3;3*1H3;/q;3*-1;+3. The molecule has 37 heavy (non-hydrogen) atoms. The van der Waals surface area contributed by atoms with Crippen molar-refractivity contribution in [2.75, 3.05) is 11.9 Å². The molecule has 1 N–H and O–H groups in total. The number of hydrogen-bond acceptors (Lipinski definition) is 2. The van der Waals surface area contributed by atoms with E-state index >= 15 is 0 Å². The van der Waals surface area contributed by atoms with Crippen molar-refractivity contribution in [2.45, 2.75) is 70.6 Å². The van der Waals surface area contributed by atoms with Crippen molar-refractivity contribution < 1.29 is 26.8 Å². The molecule has 4 heteroatoms. The summed E-state index contributed by atoms with van der Waals surface area (Å²) in [6, 6.07) is 12.0. The molecule has 1 heterocycles. The van der Waals surface area contributed by atoms with Gasteiger partial charge in [0.25, 0.3) is 0 Å². The number of anilines is 1. The number of aromatic hydroxyl groups is 1. The Hall–Kier alpha value is -1.55. The molecule has 2 nitrogen and oxygen atoms in total. The fourth-order valence-corrected chi connectivity index (χ4v) is 11.6. The Morgan fingerprint density at radius 2 is 1.46 bits per heavy atom. The fraction of sp³-hybridized carbons (Fsp3) is 0.424. The van der Waals surface area contributed by atoms with Gasteiger partial charge in [-0.3, -0.25) is 0 Å². The van der Waals surface area contributed by atoms with Gasteiger partial charge in [-0.25, -0.2) is 0 Å². The average molecular weight is 551 g/mol. The number of allylic oxidation sites excluding steroid dienone is 3. The fourth-order valence-electron chi connectivity index (χ4n) is 7.28. The molecule has 1 saturated carbocycles. The van der Waals surface area contributed by atoms with Gasteiger partial charge < -0.3 is 32.3 Å². The first-order valence-electron chi connectivity index (χ1n) is 12.5. The molecule has 1 fully saturated rings. The summed E-state index contributed by atoms with van der Waals surface area (Å²) in [4.78, 5) is 2.56. The molecular formula is C33H48NOSiTi. The predicted octanol–water partition coefficient (Wildman–Crippen LogP) is 7.91. The number of nitrogens with zero attached hydrogens (tertiary/aromatic N) is 1. The van der Waals surface area contributed by atoms with Crippen LogP contribution in [0.1, 0.15) is 48.9 Å². The van der Waals surface area contributed by atoms with Gasteiger partial charge in [0.1, 0.15) is 5.75 Å². The first kappa shape index (κ1) is 33.5. The molecule has 1 radical (unpaired) electrons. The molecule has 3 aliphatic rings. The van der Waals surface area contributed by atoms with Crippen molar-refractivity contribution >= 4 is 18.9 Å². The van der Waals surface area contributed by atoms with Crippen molar-refractivity contribution in [1.29, 1.82) is 0 Å². The van der Waals surface area contributed by atoms with Crippen molar-refractivity contribution in [1.82, 2.24) is 0 Å². The zero-order valence-electron chi connectivity index (χ0n) is 25.0. The van der Waals surface area contributed by atoms with Crippen molar-refractivity contribution in [3.63, 3.8) is 0 Å². The number of aryl methyl sites for hydroxylation is 2. The predicted molar refractivity (Wildman–Crippen MR) is 163 cm³/mol. The van der Waals surface area contributed by atoms with E-state index in [1.807, 2.05) is 0 Å². The first-order valence-corrected chi connectivity index (χ1v) is 15.5. The molecule has 5 rings (SSSR count). The number of phenols is 1. The van der Waals surface area contributed by atoms with E-state index in [-0.39, 0.29) is 49.4 Å². The van der Waals surface area contributed by atoms with Crippen LogP contribution < -0.4 is 10.1 Å². The Morgan fingerprint density at radius 1 is 0.865 bits per heavy atom. The van der Waals surface area contributed by atoms with Gasteiger partial charge in [0.2, 0.25) is 0 Å². The summed E-state index contributed by atoms with van der Waals surface area (Å²) in [5.41, 5.74) is 7.06. The number of benzene rings is 2. The summed E-state index contributed by atoms with van der Waals surface area (Å²) in [6.45, 7) is 16.1. The molecule has 5 unspecified atom stereocenters. The number of hydrogen-bond donors (Lipinski definition) is 1. The molecule has 5 atom stereocenters. The van der Waals surface area contributed by atoms with Crippen LogP contribution in [-0.2, 0) is 27.1 Å². The molecule has 0 spiro atoms. The molecule has 2 aromatic carbocycles. The Labute approximate surface area is 244 Å². The maximum atomic E-state index is 11.7. The summed E-state index contributed by atoms with van der Waals surface area (Å²) in [5, 5.41) is 12.9. The number of likely N-dealkylation sites (N-methyl/N-ethyl adjacent to an activating group) is 1. The van der Waals surface area contributed by atoms with E-state index < -0.39 is 8.07 Å². The van der Waals surface area contributed by atoms with Crippen LogP contribution in [0, 0.1) is 48.0 Å². The van der Waals surface area contributed by atoms with Gasteiger partial charge in [0, 0.05) is 30.6 Å². The Balaban J connectivity index is 0.00000171. The van der Waals surface area contributed by atoms with Crippen LogP contribution in [-0.4, -0.2) is 26.3 Å². The van der Waals surface area contributed by atoms with Gasteiger partial charge in [-0.05, 0) is 53.1 Å². The molecule has 0 aromatic heterocycles. The first-order chi connectivity index (χ1) is 15.4. The largest absolute Gasteiger partial charge is 3.00 e. The normalized spacial score (nSPS) is 25.1. The number of fused-ring (bicyclic) bond motifs is 5. The second-order valence-corrected chi connectivity index (χ2v) is 17.0. The zero-order valence-corrected chi connectivity index (χ0v) is 27.5. The Morgan fingerprint density at radius 3 is 2.05 bits per heavy atom. The average Bonchev–Trinajstić information content (AvgIpc) is 3.22. The smallest absolute Gasteiger partial charge is 0.508 e. The molecule has 0 saturated heterocycles. The van der Waals surface area contributed by atoms with Gasteiger partial charge >= 0.3 is 21.7 Å². The summed E-state index contributed by atoms with van der Waals surface area (Å²) in [7, 11) is 0.189. The Kier molecular flexibility index (Phi) is 10.2. The van der Waals surface area contributed by atoms with Crippen molar-refractivity contribution in [2.24, 2.45) is 11.8 Å². The molecule has 2 aliphatic carbocycles. The van der Waals surface area contributed by atoms with Crippen LogP contribution in [0.5, 0.6) is 5.75 Å². The van der Waals surface area contributed by atoms with E-state index in [1.54, 1.807) is 0 Å². The summed E-state index contributed by atoms with van der Waals surface area (Å²) >= 11 is 0. The number of phenolic OH excluding ortho intramolecular Hbond substituents is 1. The molecule has 1 aliphatic heterocycles. The third-order valence-electron chi connectivity index (χ3n) is 8.75. The molecule has 0 amide bonds. The second-order valence-electron chi connectivity index (χ2n) is 12.3. The monoisotopic (exact) mass is 550 g/mol. The van der Waals surface area contributed by atoms with E-state index in [9.17, 15) is 5.11 Å². The van der Waals surface area contributed by atoms with Crippen molar-refractivity contribution in [3.8, 4) is 5.75 Å². The van der Waals surface area contributed by atoms with Crippen LogP contribution >= 0.6 is 0 Å². The maximum absolute atomic E-state index is 11.7. The van der Waals surface area contributed by atoms with Gasteiger partial charge in [-0.2, -0.15) is 0 Å². The van der Waals surface area contributed by atoms with Crippen LogP contribution in [0.2, 0.25) is 18.6 Å². The zero-order chi connectivity index (χ0) is 23.9. The van der Waals surface area contributed by atoms with Gasteiger partial charge in [-0.1, -0.05) is 93.6 Å². The summed E-state index contributed by atoms with van der Waals surface area (Å²) in [6.07, 6.45) is 9.44. The van der Waals surface area contributed by atoms with Gasteiger partial charge in [0.05, 0.1) is 8.07 Å². The second kappa shape index (κ2) is 11.3. The van der Waals surface area contributed by atoms with E-state index in [1.165, 1.54) is 27.6 Å². The molecule has 0 bridgehead atoms. The third kappa shape index (κ3) is 5.09. The van der Waals surface area contributed by atoms with Crippen LogP contribution in [0.15, 0.2) is 54.6 Å². The molecule has 199 valence electrons. The summed E-state index contributed by atoms with van der Waals surface area (Å²) < 4.78 is 0. The van der Waals surface area contributed by atoms with E-state index in [2.05, 4.69) is 114 Å². The van der Waals surface area contributed by atoms with E-state index in [4.69, 9.17) is 0 Å². The van der Waals surface area contributed by atoms with E-state index in [0.29, 0.717) is 35.1 Å². The van der Waals surface area contributed by atoms with Crippen LogP contribution in [0.4, 0.5) is 5.69 Å². The topological polar surface area (TPSA) is 23.5 Å². The maximum Gasteiger partial charge on any atom is 3.00 e. The molecular weight excluding hydrogens is 502 g/mol.